The van der Waals surface area contributed by atoms with Crippen molar-refractivity contribution in [3.05, 3.63) is 52.5 Å². The Labute approximate surface area is 110 Å². The summed E-state index contributed by atoms with van der Waals surface area (Å²) in [6, 6.07) is 3.38. The minimum absolute atomic E-state index is 0.256. The van der Waals surface area contributed by atoms with Crippen LogP contribution in [0.25, 0.3) is 0 Å². The Morgan fingerprint density at radius 1 is 1.11 bits per heavy atom. The predicted molar refractivity (Wildman–Crippen MR) is 69.7 cm³/mol. The Bertz CT molecular complexity index is 592. The van der Waals surface area contributed by atoms with Gasteiger partial charge in [0, 0.05) is 23.7 Å². The van der Waals surface area contributed by atoms with Crippen molar-refractivity contribution in [1.29, 1.82) is 0 Å². The van der Waals surface area contributed by atoms with Gasteiger partial charge in [0.25, 0.3) is 0 Å². The third-order valence-corrected chi connectivity index (χ3v) is 2.95. The highest BCUT2D eigenvalue weighted by Crippen LogP contribution is 2.16. The maximum Gasteiger partial charge on any atom is 0.135 e. The lowest BCUT2D eigenvalue weighted by Gasteiger charge is -2.08. The highest BCUT2D eigenvalue weighted by atomic mass is 19.1. The molecular formula is C14H15F2N3. The van der Waals surface area contributed by atoms with E-state index in [1.165, 1.54) is 12.1 Å². The second-order valence-corrected chi connectivity index (χ2v) is 4.40. The Morgan fingerprint density at radius 3 is 2.32 bits per heavy atom. The van der Waals surface area contributed by atoms with E-state index in [2.05, 4.69) is 9.97 Å². The molecule has 3 nitrogen and oxygen atoms in total. The summed E-state index contributed by atoms with van der Waals surface area (Å²) in [7, 11) is 0. The molecule has 0 aliphatic rings. The summed E-state index contributed by atoms with van der Waals surface area (Å²) < 4.78 is 26.2. The van der Waals surface area contributed by atoms with Crippen LogP contribution in [0.4, 0.5) is 14.6 Å². The van der Waals surface area contributed by atoms with Crippen LogP contribution in [0.2, 0.25) is 0 Å². The molecule has 0 radical (unpaired) electrons. The van der Waals surface area contributed by atoms with E-state index < -0.39 is 11.6 Å². The number of rotatable bonds is 3. The molecule has 19 heavy (non-hydrogen) atoms. The zero-order valence-corrected chi connectivity index (χ0v) is 10.9. The molecular weight excluding hydrogens is 248 g/mol. The molecule has 2 rings (SSSR count). The van der Waals surface area contributed by atoms with Crippen molar-refractivity contribution in [2.24, 2.45) is 0 Å². The van der Waals surface area contributed by atoms with Crippen LogP contribution < -0.4 is 5.73 Å². The molecule has 1 aromatic carbocycles. The van der Waals surface area contributed by atoms with Crippen molar-refractivity contribution in [3.8, 4) is 0 Å². The first-order chi connectivity index (χ1) is 8.99. The average Bonchev–Trinajstić information content (AvgIpc) is 2.32. The molecule has 0 amide bonds. The van der Waals surface area contributed by atoms with Crippen LogP contribution in [-0.4, -0.2) is 9.97 Å². The molecule has 0 atom stereocenters. The van der Waals surface area contributed by atoms with Gasteiger partial charge in [0.15, 0.2) is 0 Å². The van der Waals surface area contributed by atoms with Crippen LogP contribution in [0.15, 0.2) is 18.2 Å². The van der Waals surface area contributed by atoms with Crippen LogP contribution in [-0.2, 0) is 12.8 Å². The van der Waals surface area contributed by atoms with Crippen LogP contribution in [0.5, 0.6) is 0 Å². The first-order valence-electron chi connectivity index (χ1n) is 6.06. The average molecular weight is 263 g/mol. The first kappa shape index (κ1) is 13.4. The van der Waals surface area contributed by atoms with Crippen molar-refractivity contribution >= 4 is 5.82 Å². The maximum atomic E-state index is 13.1. The molecule has 100 valence electrons. The van der Waals surface area contributed by atoms with Gasteiger partial charge in [-0.3, -0.25) is 0 Å². The van der Waals surface area contributed by atoms with E-state index in [4.69, 9.17) is 5.73 Å². The predicted octanol–water partition coefficient (Wildman–Crippen LogP) is 2.80. The molecule has 1 aromatic heterocycles. The van der Waals surface area contributed by atoms with E-state index >= 15 is 0 Å². The third kappa shape index (κ3) is 3.05. The summed E-state index contributed by atoms with van der Waals surface area (Å²) in [5.41, 5.74) is 8.02. The molecule has 5 heteroatoms. The van der Waals surface area contributed by atoms with Gasteiger partial charge in [-0.15, -0.1) is 0 Å². The van der Waals surface area contributed by atoms with Gasteiger partial charge >= 0.3 is 0 Å². The summed E-state index contributed by atoms with van der Waals surface area (Å²) in [6.45, 7) is 3.83. The number of aromatic nitrogens is 2. The van der Waals surface area contributed by atoms with Crippen molar-refractivity contribution in [2.45, 2.75) is 26.7 Å². The van der Waals surface area contributed by atoms with Crippen LogP contribution in [0, 0.1) is 18.6 Å². The van der Waals surface area contributed by atoms with Gasteiger partial charge in [0.2, 0.25) is 0 Å². The maximum absolute atomic E-state index is 13.1. The molecule has 0 aliphatic carbocycles. The zero-order chi connectivity index (χ0) is 14.0. The Hall–Kier alpha value is -2.04. The molecule has 0 saturated carbocycles. The normalized spacial score (nSPS) is 10.7. The minimum Gasteiger partial charge on any atom is -0.383 e. The topological polar surface area (TPSA) is 51.8 Å². The fourth-order valence-corrected chi connectivity index (χ4v) is 1.95. The smallest absolute Gasteiger partial charge is 0.135 e. The van der Waals surface area contributed by atoms with Crippen LogP contribution in [0.1, 0.15) is 29.6 Å². The number of anilines is 1. The lowest BCUT2D eigenvalue weighted by atomic mass is 10.1. The van der Waals surface area contributed by atoms with E-state index in [0.29, 0.717) is 17.2 Å². The summed E-state index contributed by atoms with van der Waals surface area (Å²) in [5.74, 6) is -0.319. The van der Waals surface area contributed by atoms with Crippen molar-refractivity contribution in [3.63, 3.8) is 0 Å². The molecule has 0 unspecified atom stereocenters. The molecule has 0 saturated heterocycles. The van der Waals surface area contributed by atoms with Crippen molar-refractivity contribution < 1.29 is 8.78 Å². The molecule has 0 bridgehead atoms. The highest BCUT2D eigenvalue weighted by Gasteiger charge is 2.09. The third-order valence-electron chi connectivity index (χ3n) is 2.95. The van der Waals surface area contributed by atoms with E-state index in [-0.39, 0.29) is 6.42 Å². The SMILES string of the molecule is CCc1nc(Cc2cc(F)cc(F)c2)nc(N)c1C. The number of hydrogen-bond donors (Lipinski definition) is 1. The van der Waals surface area contributed by atoms with E-state index in [1.807, 2.05) is 13.8 Å². The summed E-state index contributed by atoms with van der Waals surface area (Å²) >= 11 is 0. The zero-order valence-electron chi connectivity index (χ0n) is 10.9. The van der Waals surface area contributed by atoms with Gasteiger partial charge in [-0.05, 0) is 31.0 Å². The minimum atomic E-state index is -0.606. The second kappa shape index (κ2) is 5.30. The van der Waals surface area contributed by atoms with Gasteiger partial charge in [-0.2, -0.15) is 0 Å². The van der Waals surface area contributed by atoms with Gasteiger partial charge in [0.1, 0.15) is 23.3 Å². The summed E-state index contributed by atoms with van der Waals surface area (Å²) in [4.78, 5) is 8.53. The Morgan fingerprint density at radius 2 is 1.74 bits per heavy atom. The Balaban J connectivity index is 2.35. The summed E-state index contributed by atoms with van der Waals surface area (Å²) in [5, 5.41) is 0. The van der Waals surface area contributed by atoms with E-state index in [9.17, 15) is 8.78 Å². The van der Waals surface area contributed by atoms with Crippen molar-refractivity contribution in [1.82, 2.24) is 9.97 Å². The number of nitrogens with zero attached hydrogens (tertiary/aromatic N) is 2. The van der Waals surface area contributed by atoms with E-state index in [1.54, 1.807) is 0 Å². The van der Waals surface area contributed by atoms with Crippen LogP contribution >= 0.6 is 0 Å². The van der Waals surface area contributed by atoms with Crippen molar-refractivity contribution in [2.75, 3.05) is 5.73 Å². The molecule has 0 fully saturated rings. The van der Waals surface area contributed by atoms with E-state index in [0.717, 1.165) is 23.7 Å². The standard InChI is InChI=1S/C14H15F2N3/c1-3-12-8(2)14(17)19-13(18-12)6-9-4-10(15)7-11(16)5-9/h4-5,7H,3,6H2,1-2H3,(H2,17,18,19). The van der Waals surface area contributed by atoms with Crippen LogP contribution in [0.3, 0.4) is 0 Å². The number of halogens is 2. The second-order valence-electron chi connectivity index (χ2n) is 4.40. The fourth-order valence-electron chi connectivity index (χ4n) is 1.95. The lowest BCUT2D eigenvalue weighted by molar-refractivity contribution is 0.580. The van der Waals surface area contributed by atoms with Gasteiger partial charge in [-0.1, -0.05) is 6.92 Å². The van der Waals surface area contributed by atoms with Gasteiger partial charge in [-0.25, -0.2) is 18.7 Å². The first-order valence-corrected chi connectivity index (χ1v) is 6.06. The quantitative estimate of drug-likeness (QED) is 0.926. The number of nitrogen functional groups attached to an aromatic ring is 1. The monoisotopic (exact) mass is 263 g/mol. The Kier molecular flexibility index (Phi) is 3.74. The number of benzene rings is 1. The fraction of sp³-hybridized carbons (Fsp3) is 0.286. The number of hydrogen-bond acceptors (Lipinski definition) is 3. The van der Waals surface area contributed by atoms with Gasteiger partial charge in [0.05, 0.1) is 0 Å². The largest absolute Gasteiger partial charge is 0.383 e. The molecule has 2 N–H and O–H groups in total. The molecule has 0 aliphatic heterocycles. The molecule has 0 spiro atoms. The molecule has 1 heterocycles. The number of nitrogens with two attached hydrogens (primary N) is 1. The molecule has 2 aromatic rings. The highest BCUT2D eigenvalue weighted by molar-refractivity contribution is 5.41. The summed E-state index contributed by atoms with van der Waals surface area (Å²) in [6.07, 6.45) is 0.995. The number of aryl methyl sites for hydroxylation is 1. The lowest BCUT2D eigenvalue weighted by Crippen LogP contribution is -2.07. The van der Waals surface area contributed by atoms with Gasteiger partial charge < -0.3 is 5.73 Å².